The van der Waals surface area contributed by atoms with Gasteiger partial charge in [0.05, 0.1) is 13.2 Å². The lowest BCUT2D eigenvalue weighted by Gasteiger charge is -2.39. The van der Waals surface area contributed by atoms with E-state index >= 15 is 0 Å². The fraction of sp³-hybridized carbons (Fsp3) is 1.00. The van der Waals surface area contributed by atoms with Crippen LogP contribution in [0, 0.1) is 0 Å². The number of hydrogen-bond acceptors (Lipinski definition) is 11. The highest BCUT2D eigenvalue weighted by Gasteiger charge is 2.45. The third-order valence-electron chi connectivity index (χ3n) is 3.94. The Labute approximate surface area is 130 Å². The zero-order chi connectivity index (χ0) is 17.3. The first-order valence-corrected chi connectivity index (χ1v) is 7.07. The number of ether oxygens (including phenoxy) is 3. The Hall–Kier alpha value is -0.440. The van der Waals surface area contributed by atoms with Gasteiger partial charge in [-0.15, -0.1) is 0 Å². The molecule has 11 nitrogen and oxygen atoms in total. The molecule has 0 unspecified atom stereocenters. The van der Waals surface area contributed by atoms with Crippen LogP contribution in [0.1, 0.15) is 0 Å². The Morgan fingerprint density at radius 2 is 0.870 bits per heavy atom. The molecule has 10 atom stereocenters. The average molecular weight is 342 g/mol. The molecule has 0 amide bonds. The summed E-state index contributed by atoms with van der Waals surface area (Å²) < 4.78 is 14.9. The summed E-state index contributed by atoms with van der Waals surface area (Å²) in [5.74, 6) is 0. The van der Waals surface area contributed by atoms with E-state index in [9.17, 15) is 40.9 Å². The van der Waals surface area contributed by atoms with Crippen molar-refractivity contribution < 1.29 is 55.1 Å². The summed E-state index contributed by atoms with van der Waals surface area (Å²) >= 11 is 0. The lowest BCUT2D eigenvalue weighted by Crippen LogP contribution is -2.60. The number of hydrogen-bond donors (Lipinski definition) is 8. The van der Waals surface area contributed by atoms with E-state index in [1.54, 1.807) is 0 Å². The zero-order valence-electron chi connectivity index (χ0n) is 12.0. The van der Waals surface area contributed by atoms with Gasteiger partial charge in [0, 0.05) is 0 Å². The zero-order valence-corrected chi connectivity index (χ0v) is 12.0. The summed E-state index contributed by atoms with van der Waals surface area (Å²) in [4.78, 5) is 0. The van der Waals surface area contributed by atoms with Gasteiger partial charge in [0.2, 0.25) is 0 Å². The van der Waals surface area contributed by atoms with Crippen molar-refractivity contribution in [3.63, 3.8) is 0 Å². The molecule has 2 rings (SSSR count). The van der Waals surface area contributed by atoms with Gasteiger partial charge in [-0.2, -0.15) is 0 Å². The van der Waals surface area contributed by atoms with Gasteiger partial charge < -0.3 is 55.1 Å². The molecule has 0 aliphatic carbocycles. The first-order chi connectivity index (χ1) is 10.7. The molecule has 2 aliphatic heterocycles. The molecule has 2 saturated heterocycles. The number of aliphatic hydroxyl groups is 8. The maximum atomic E-state index is 9.71. The second-order valence-corrected chi connectivity index (χ2v) is 5.61. The van der Waals surface area contributed by atoms with Crippen LogP contribution in [0.2, 0.25) is 0 Å². The van der Waals surface area contributed by atoms with Crippen LogP contribution >= 0.6 is 0 Å². The van der Waals surface area contributed by atoms with Gasteiger partial charge in [0.1, 0.15) is 48.8 Å². The van der Waals surface area contributed by atoms with Crippen LogP contribution in [0.4, 0.5) is 0 Å². The standard InChI is InChI=1S/C12H22O11/c13-5-3(22-11(19)9(17)7(5)15)1-21-2-4-6(14)8(16)10(18)12(20)23-4/h3-20H,1-2H2/t3-,4+,5-,6+,7-,8+,9-,10+,11+,12-. The Kier molecular flexibility index (Phi) is 6.27. The second kappa shape index (κ2) is 7.63. The molecule has 0 aromatic carbocycles. The molecule has 0 aromatic heterocycles. The van der Waals surface area contributed by atoms with E-state index in [0.717, 1.165) is 0 Å². The van der Waals surface area contributed by atoms with Crippen molar-refractivity contribution in [3.8, 4) is 0 Å². The summed E-state index contributed by atoms with van der Waals surface area (Å²) in [5, 5.41) is 75.9. The molecule has 11 heteroatoms. The summed E-state index contributed by atoms with van der Waals surface area (Å²) in [5.41, 5.74) is 0. The van der Waals surface area contributed by atoms with Gasteiger partial charge in [0.15, 0.2) is 12.6 Å². The Morgan fingerprint density at radius 3 is 1.22 bits per heavy atom. The van der Waals surface area contributed by atoms with Crippen LogP contribution in [-0.4, -0.2) is 115 Å². The van der Waals surface area contributed by atoms with Crippen molar-refractivity contribution in [1.82, 2.24) is 0 Å². The quantitative estimate of drug-likeness (QED) is 0.243. The SMILES string of the molecule is O[C@H]1[C@@H](O)[C@H](COC[C@H]2O[C@H](O)[C@H](O)[C@H](O)[C@@H]2O)O[C@@H](O)[C@H]1O. The molecular formula is C12H22O11. The molecule has 2 aliphatic rings. The molecule has 0 radical (unpaired) electrons. The van der Waals surface area contributed by atoms with Crippen LogP contribution in [-0.2, 0) is 14.2 Å². The predicted molar refractivity (Wildman–Crippen MR) is 68.6 cm³/mol. The van der Waals surface area contributed by atoms with Crippen molar-refractivity contribution in [2.24, 2.45) is 0 Å². The Balaban J connectivity index is 1.82. The first kappa shape index (κ1) is 18.9. The van der Waals surface area contributed by atoms with E-state index in [2.05, 4.69) is 0 Å². The monoisotopic (exact) mass is 342 g/mol. The lowest BCUT2D eigenvalue weighted by atomic mass is 9.99. The van der Waals surface area contributed by atoms with Crippen LogP contribution in [0.25, 0.3) is 0 Å². The molecule has 136 valence electrons. The fourth-order valence-corrected chi connectivity index (χ4v) is 2.44. The van der Waals surface area contributed by atoms with Gasteiger partial charge in [0.25, 0.3) is 0 Å². The van der Waals surface area contributed by atoms with Gasteiger partial charge >= 0.3 is 0 Å². The molecular weight excluding hydrogens is 320 g/mol. The number of aliphatic hydroxyl groups excluding tert-OH is 8. The molecule has 2 fully saturated rings. The van der Waals surface area contributed by atoms with Crippen molar-refractivity contribution >= 4 is 0 Å². The van der Waals surface area contributed by atoms with E-state index < -0.39 is 61.4 Å². The van der Waals surface area contributed by atoms with Gasteiger partial charge in [-0.05, 0) is 0 Å². The average Bonchev–Trinajstić information content (AvgIpc) is 2.52. The fourth-order valence-electron chi connectivity index (χ4n) is 2.44. The summed E-state index contributed by atoms with van der Waals surface area (Å²) in [6.45, 7) is -0.660. The summed E-state index contributed by atoms with van der Waals surface area (Å²) in [6, 6.07) is 0. The van der Waals surface area contributed by atoms with E-state index in [1.165, 1.54) is 0 Å². The molecule has 0 aromatic rings. The maximum Gasteiger partial charge on any atom is 0.184 e. The minimum Gasteiger partial charge on any atom is -0.387 e. The molecule has 0 spiro atoms. The predicted octanol–water partition coefficient (Wildman–Crippen LogP) is -5.40. The largest absolute Gasteiger partial charge is 0.387 e. The first-order valence-electron chi connectivity index (χ1n) is 7.07. The van der Waals surface area contributed by atoms with Gasteiger partial charge in [-0.25, -0.2) is 0 Å². The Morgan fingerprint density at radius 1 is 0.522 bits per heavy atom. The van der Waals surface area contributed by atoms with Crippen LogP contribution < -0.4 is 0 Å². The van der Waals surface area contributed by atoms with Crippen molar-refractivity contribution in [2.45, 2.75) is 61.4 Å². The van der Waals surface area contributed by atoms with Crippen molar-refractivity contribution in [3.05, 3.63) is 0 Å². The van der Waals surface area contributed by atoms with E-state index in [0.29, 0.717) is 0 Å². The third-order valence-corrected chi connectivity index (χ3v) is 3.94. The highest BCUT2D eigenvalue weighted by molar-refractivity contribution is 4.90. The third kappa shape index (κ3) is 3.97. The van der Waals surface area contributed by atoms with E-state index in [1.807, 2.05) is 0 Å². The van der Waals surface area contributed by atoms with E-state index in [4.69, 9.17) is 14.2 Å². The maximum absolute atomic E-state index is 9.71. The van der Waals surface area contributed by atoms with Crippen LogP contribution in [0.3, 0.4) is 0 Å². The summed E-state index contributed by atoms with van der Waals surface area (Å²) in [7, 11) is 0. The molecule has 0 bridgehead atoms. The second-order valence-electron chi connectivity index (χ2n) is 5.61. The minimum atomic E-state index is -1.70. The highest BCUT2D eigenvalue weighted by Crippen LogP contribution is 2.22. The molecule has 8 N–H and O–H groups in total. The van der Waals surface area contributed by atoms with Crippen molar-refractivity contribution in [2.75, 3.05) is 13.2 Å². The molecule has 23 heavy (non-hydrogen) atoms. The van der Waals surface area contributed by atoms with Crippen molar-refractivity contribution in [1.29, 1.82) is 0 Å². The highest BCUT2D eigenvalue weighted by atomic mass is 16.7. The Bertz CT molecular complexity index is 348. The minimum absolute atomic E-state index is 0.330. The topological polar surface area (TPSA) is 190 Å². The van der Waals surface area contributed by atoms with Gasteiger partial charge in [-0.1, -0.05) is 0 Å². The van der Waals surface area contributed by atoms with Gasteiger partial charge in [-0.3, -0.25) is 0 Å². The van der Waals surface area contributed by atoms with Crippen LogP contribution in [0.15, 0.2) is 0 Å². The van der Waals surface area contributed by atoms with Crippen LogP contribution in [0.5, 0.6) is 0 Å². The smallest absolute Gasteiger partial charge is 0.184 e. The normalized spacial score (nSPS) is 51.7. The summed E-state index contributed by atoms with van der Waals surface area (Å²) in [6.07, 6.45) is -15.3. The lowest BCUT2D eigenvalue weighted by molar-refractivity contribution is -0.300. The molecule has 0 saturated carbocycles. The van der Waals surface area contributed by atoms with E-state index in [-0.39, 0.29) is 13.2 Å². The number of rotatable bonds is 4. The molecule has 2 heterocycles.